The van der Waals surface area contributed by atoms with E-state index < -0.39 is 0 Å². The second-order valence-corrected chi connectivity index (χ2v) is 3.09. The number of carbonyl (C=O) groups excluding carboxylic acids is 1. The van der Waals surface area contributed by atoms with Gasteiger partial charge >= 0.3 is 0 Å². The van der Waals surface area contributed by atoms with Gasteiger partial charge in [-0.3, -0.25) is 4.79 Å². The summed E-state index contributed by atoms with van der Waals surface area (Å²) in [5.41, 5.74) is 0. The predicted molar refractivity (Wildman–Crippen MR) is 48.8 cm³/mol. The molecule has 0 aromatic heterocycles. The van der Waals surface area contributed by atoms with Crippen LogP contribution in [0.2, 0.25) is 0 Å². The lowest BCUT2D eigenvalue weighted by molar-refractivity contribution is -0.121. The molecule has 12 heavy (non-hydrogen) atoms. The number of carbonyl (C=O) groups is 1. The smallest absolute Gasteiger partial charge is 0.219 e. The predicted octanol–water partition coefficient (Wildman–Crippen LogP) is 1.06. The molecule has 0 radical (unpaired) electrons. The monoisotopic (exact) mass is 173 g/mol. The van der Waals surface area contributed by atoms with Crippen molar-refractivity contribution < 1.29 is 9.90 Å². The van der Waals surface area contributed by atoms with Crippen molar-refractivity contribution in [1.82, 2.24) is 5.32 Å². The van der Waals surface area contributed by atoms with Crippen molar-refractivity contribution in [2.24, 2.45) is 0 Å². The molecule has 2 N–H and O–H groups in total. The van der Waals surface area contributed by atoms with Crippen molar-refractivity contribution in [2.75, 3.05) is 6.54 Å². The summed E-state index contributed by atoms with van der Waals surface area (Å²) in [6.07, 6.45) is 2.85. The van der Waals surface area contributed by atoms with Crippen molar-refractivity contribution in [3.8, 4) is 0 Å². The number of hydrogen-bond acceptors (Lipinski definition) is 2. The molecule has 1 atom stereocenters. The Morgan fingerprint density at radius 2 is 2.25 bits per heavy atom. The van der Waals surface area contributed by atoms with Gasteiger partial charge in [-0.2, -0.15) is 0 Å². The highest BCUT2D eigenvalue weighted by Crippen LogP contribution is 1.94. The summed E-state index contributed by atoms with van der Waals surface area (Å²) in [7, 11) is 0. The minimum absolute atomic E-state index is 0.114. The van der Waals surface area contributed by atoms with E-state index >= 15 is 0 Å². The van der Waals surface area contributed by atoms with E-state index in [9.17, 15) is 4.79 Å². The summed E-state index contributed by atoms with van der Waals surface area (Å²) >= 11 is 0. The fraction of sp³-hybridized carbons (Fsp3) is 0.889. The molecule has 0 aliphatic heterocycles. The van der Waals surface area contributed by atoms with Crippen LogP contribution < -0.4 is 5.32 Å². The van der Waals surface area contributed by atoms with E-state index in [4.69, 9.17) is 5.11 Å². The summed E-state index contributed by atoms with van der Waals surface area (Å²) in [4.78, 5) is 10.9. The first kappa shape index (κ1) is 11.4. The van der Waals surface area contributed by atoms with E-state index in [1.165, 1.54) is 0 Å². The van der Waals surface area contributed by atoms with Gasteiger partial charge in [0.2, 0.25) is 5.91 Å². The zero-order valence-electron chi connectivity index (χ0n) is 7.97. The lowest BCUT2D eigenvalue weighted by atomic mass is 10.2. The van der Waals surface area contributed by atoms with E-state index in [2.05, 4.69) is 5.32 Å². The number of aliphatic hydroxyl groups excluding tert-OH is 1. The number of hydrogen-bond donors (Lipinski definition) is 2. The van der Waals surface area contributed by atoms with E-state index in [1.54, 1.807) is 6.92 Å². The highest BCUT2D eigenvalue weighted by Gasteiger charge is 1.98. The third-order valence-electron chi connectivity index (χ3n) is 1.60. The third kappa shape index (κ3) is 7.54. The molecule has 3 heteroatoms. The number of nitrogens with one attached hydrogen (secondary N) is 1. The van der Waals surface area contributed by atoms with Gasteiger partial charge in [0.25, 0.3) is 0 Å². The minimum Gasteiger partial charge on any atom is -0.393 e. The largest absolute Gasteiger partial charge is 0.393 e. The zero-order valence-corrected chi connectivity index (χ0v) is 7.97. The molecule has 0 saturated carbocycles. The molecule has 0 fully saturated rings. The van der Waals surface area contributed by atoms with Gasteiger partial charge in [0.05, 0.1) is 6.10 Å². The first-order valence-corrected chi connectivity index (χ1v) is 4.61. The van der Waals surface area contributed by atoms with Gasteiger partial charge in [-0.15, -0.1) is 0 Å². The Morgan fingerprint density at radius 3 is 2.75 bits per heavy atom. The molecule has 0 heterocycles. The van der Waals surface area contributed by atoms with Gasteiger partial charge in [0.1, 0.15) is 0 Å². The highest BCUT2D eigenvalue weighted by molar-refractivity contribution is 5.75. The van der Waals surface area contributed by atoms with Gasteiger partial charge < -0.3 is 10.4 Å². The van der Waals surface area contributed by atoms with Gasteiger partial charge in [0.15, 0.2) is 0 Å². The highest BCUT2D eigenvalue weighted by atomic mass is 16.3. The summed E-state index contributed by atoms with van der Waals surface area (Å²) in [6.45, 7) is 4.42. The van der Waals surface area contributed by atoms with Crippen LogP contribution in [0.3, 0.4) is 0 Å². The first-order chi connectivity index (χ1) is 5.66. The molecule has 1 unspecified atom stereocenters. The molecule has 72 valence electrons. The second kappa shape index (κ2) is 7.10. The summed E-state index contributed by atoms with van der Waals surface area (Å²) in [5.74, 6) is 0.114. The average molecular weight is 173 g/mol. The van der Waals surface area contributed by atoms with E-state index in [-0.39, 0.29) is 12.0 Å². The molecule has 0 aliphatic rings. The molecule has 0 saturated heterocycles. The maximum Gasteiger partial charge on any atom is 0.219 e. The van der Waals surface area contributed by atoms with Crippen LogP contribution in [-0.4, -0.2) is 23.7 Å². The Bertz CT molecular complexity index is 124. The molecule has 0 aliphatic carbocycles. The Kier molecular flexibility index (Phi) is 6.76. The van der Waals surface area contributed by atoms with E-state index in [0.29, 0.717) is 13.0 Å². The first-order valence-electron chi connectivity index (χ1n) is 4.61. The molecular formula is C9H19NO2. The normalized spacial score (nSPS) is 12.6. The van der Waals surface area contributed by atoms with Crippen LogP contribution >= 0.6 is 0 Å². The topological polar surface area (TPSA) is 49.3 Å². The van der Waals surface area contributed by atoms with Crippen LogP contribution in [0, 0.1) is 0 Å². The Morgan fingerprint density at radius 1 is 1.58 bits per heavy atom. The number of rotatable bonds is 6. The van der Waals surface area contributed by atoms with Gasteiger partial charge in [-0.25, -0.2) is 0 Å². The number of aliphatic hydroxyl groups is 1. The van der Waals surface area contributed by atoms with Crippen LogP contribution in [0.1, 0.15) is 39.5 Å². The quantitative estimate of drug-likeness (QED) is 0.590. The SMILES string of the molecule is CCCC(=O)NCCCC(C)O. The van der Waals surface area contributed by atoms with E-state index in [0.717, 1.165) is 19.3 Å². The fourth-order valence-electron chi connectivity index (χ4n) is 0.941. The van der Waals surface area contributed by atoms with Crippen molar-refractivity contribution >= 4 is 5.91 Å². The molecule has 0 bridgehead atoms. The second-order valence-electron chi connectivity index (χ2n) is 3.09. The number of amides is 1. The summed E-state index contributed by atoms with van der Waals surface area (Å²) in [5, 5.41) is 11.7. The van der Waals surface area contributed by atoms with Crippen LogP contribution in [0.4, 0.5) is 0 Å². The Labute approximate surface area is 74.2 Å². The fourth-order valence-corrected chi connectivity index (χ4v) is 0.941. The third-order valence-corrected chi connectivity index (χ3v) is 1.60. The lowest BCUT2D eigenvalue weighted by Crippen LogP contribution is -2.24. The van der Waals surface area contributed by atoms with Crippen molar-refractivity contribution in [1.29, 1.82) is 0 Å². The molecule has 0 rings (SSSR count). The van der Waals surface area contributed by atoms with Crippen LogP contribution in [0.25, 0.3) is 0 Å². The summed E-state index contributed by atoms with van der Waals surface area (Å²) < 4.78 is 0. The van der Waals surface area contributed by atoms with Crippen molar-refractivity contribution in [2.45, 2.75) is 45.6 Å². The van der Waals surface area contributed by atoms with Crippen LogP contribution in [0.5, 0.6) is 0 Å². The Hall–Kier alpha value is -0.570. The van der Waals surface area contributed by atoms with Gasteiger partial charge in [0, 0.05) is 13.0 Å². The van der Waals surface area contributed by atoms with Gasteiger partial charge in [-0.1, -0.05) is 6.92 Å². The minimum atomic E-state index is -0.256. The molecule has 0 aromatic carbocycles. The molecule has 0 aromatic rings. The Balaban J connectivity index is 3.14. The lowest BCUT2D eigenvalue weighted by Gasteiger charge is -2.05. The average Bonchev–Trinajstić information content (AvgIpc) is 1.98. The van der Waals surface area contributed by atoms with Crippen LogP contribution in [0.15, 0.2) is 0 Å². The van der Waals surface area contributed by atoms with Crippen molar-refractivity contribution in [3.05, 3.63) is 0 Å². The maximum absolute atomic E-state index is 10.9. The molecule has 1 amide bonds. The standard InChI is InChI=1S/C9H19NO2/c1-3-5-9(12)10-7-4-6-8(2)11/h8,11H,3-7H2,1-2H3,(H,10,12). The van der Waals surface area contributed by atoms with E-state index in [1.807, 2.05) is 6.92 Å². The van der Waals surface area contributed by atoms with Crippen LogP contribution in [-0.2, 0) is 4.79 Å². The molecule has 0 spiro atoms. The molecule has 3 nitrogen and oxygen atoms in total. The zero-order chi connectivity index (χ0) is 9.40. The van der Waals surface area contributed by atoms with Crippen molar-refractivity contribution in [3.63, 3.8) is 0 Å². The maximum atomic E-state index is 10.9. The van der Waals surface area contributed by atoms with Gasteiger partial charge in [-0.05, 0) is 26.2 Å². The summed E-state index contributed by atoms with van der Waals surface area (Å²) in [6, 6.07) is 0. The molecular weight excluding hydrogens is 154 g/mol.